The number of ether oxygens (including phenoxy) is 1. The highest BCUT2D eigenvalue weighted by atomic mass is 16.5. The summed E-state index contributed by atoms with van der Waals surface area (Å²) in [4.78, 5) is 22.1. The van der Waals surface area contributed by atoms with Crippen molar-refractivity contribution >= 4 is 11.8 Å². The summed E-state index contributed by atoms with van der Waals surface area (Å²) >= 11 is 0. The first kappa shape index (κ1) is 15.9. The molecule has 0 N–H and O–H groups in total. The summed E-state index contributed by atoms with van der Waals surface area (Å²) in [6.45, 7) is 5.34. The van der Waals surface area contributed by atoms with Crippen molar-refractivity contribution in [1.29, 1.82) is 0 Å². The van der Waals surface area contributed by atoms with Gasteiger partial charge in [0.1, 0.15) is 11.5 Å². The third kappa shape index (κ3) is 7.14. The van der Waals surface area contributed by atoms with Crippen molar-refractivity contribution in [3.8, 4) is 0 Å². The number of hydrogen-bond donors (Lipinski definition) is 0. The Kier molecular flexibility index (Phi) is 7.46. The number of rotatable bonds is 10. The minimum atomic E-state index is -0.0887. The summed E-state index contributed by atoms with van der Waals surface area (Å²) in [7, 11) is 0. The van der Waals surface area contributed by atoms with Crippen LogP contribution in [0.15, 0.2) is 12.3 Å². The van der Waals surface area contributed by atoms with E-state index in [1.165, 1.54) is 25.7 Å². The zero-order valence-electron chi connectivity index (χ0n) is 12.1. The van der Waals surface area contributed by atoms with Crippen LogP contribution >= 0.6 is 0 Å². The van der Waals surface area contributed by atoms with Gasteiger partial charge in [0, 0.05) is 12.8 Å². The molecule has 1 rings (SSSR count). The summed E-state index contributed by atoms with van der Waals surface area (Å²) in [5.41, 5.74) is 0. The molecule has 0 radical (unpaired) electrons. The molecule has 1 aliphatic heterocycles. The van der Waals surface area contributed by atoms with Crippen LogP contribution in [0.3, 0.4) is 0 Å². The van der Waals surface area contributed by atoms with Gasteiger partial charge in [0.25, 0.3) is 0 Å². The van der Waals surface area contributed by atoms with E-state index >= 15 is 0 Å². The largest absolute Gasteiger partial charge is 0.431 e. The topological polar surface area (TPSA) is 43.4 Å². The average molecular weight is 266 g/mol. The maximum atomic E-state index is 11.4. The molecule has 1 fully saturated rings. The van der Waals surface area contributed by atoms with Crippen molar-refractivity contribution in [2.24, 2.45) is 5.92 Å². The maximum absolute atomic E-state index is 11.4. The van der Waals surface area contributed by atoms with Crippen molar-refractivity contribution in [2.45, 2.75) is 71.1 Å². The van der Waals surface area contributed by atoms with E-state index in [2.05, 4.69) is 6.58 Å². The Morgan fingerprint density at radius 2 is 1.74 bits per heavy atom. The quantitative estimate of drug-likeness (QED) is 0.440. The normalized spacial score (nSPS) is 18.7. The van der Waals surface area contributed by atoms with Crippen LogP contribution in [0.5, 0.6) is 0 Å². The molecule has 0 aromatic carbocycles. The molecule has 0 aromatic heterocycles. The van der Waals surface area contributed by atoms with E-state index in [0.717, 1.165) is 32.1 Å². The molecule has 3 nitrogen and oxygen atoms in total. The number of cyclic esters (lactones) is 1. The number of hydrogen-bond acceptors (Lipinski definition) is 3. The van der Waals surface area contributed by atoms with E-state index < -0.39 is 0 Å². The number of ketones is 1. The number of carbonyl (C=O) groups is 2. The van der Waals surface area contributed by atoms with Gasteiger partial charge in [-0.25, -0.2) is 0 Å². The molecule has 1 aliphatic rings. The van der Waals surface area contributed by atoms with Crippen LogP contribution in [0.1, 0.15) is 71.1 Å². The molecule has 3 heteroatoms. The van der Waals surface area contributed by atoms with Crippen molar-refractivity contribution in [3.05, 3.63) is 12.3 Å². The van der Waals surface area contributed by atoms with Gasteiger partial charge in [-0.15, -0.1) is 0 Å². The van der Waals surface area contributed by atoms with Crippen molar-refractivity contribution in [3.63, 3.8) is 0 Å². The zero-order chi connectivity index (χ0) is 14.1. The van der Waals surface area contributed by atoms with E-state index in [4.69, 9.17) is 4.74 Å². The standard InChI is InChI=1S/C16H26O3/c1-13(17)10-8-6-4-3-5-7-9-11-15-12-14(2)19-16(15)18/h15H,2-12H2,1H3. The maximum Gasteiger partial charge on any atom is 0.314 e. The lowest BCUT2D eigenvalue weighted by Gasteiger charge is -2.04. The van der Waals surface area contributed by atoms with Crippen LogP contribution in [-0.4, -0.2) is 11.8 Å². The van der Waals surface area contributed by atoms with E-state index in [-0.39, 0.29) is 11.9 Å². The van der Waals surface area contributed by atoms with Crippen molar-refractivity contribution < 1.29 is 14.3 Å². The van der Waals surface area contributed by atoms with Gasteiger partial charge >= 0.3 is 5.97 Å². The summed E-state index contributed by atoms with van der Waals surface area (Å²) < 4.78 is 4.95. The fourth-order valence-electron chi connectivity index (χ4n) is 2.49. The van der Waals surface area contributed by atoms with Gasteiger partial charge in [0.2, 0.25) is 0 Å². The molecule has 1 saturated heterocycles. The minimum Gasteiger partial charge on any atom is -0.431 e. The molecule has 0 saturated carbocycles. The average Bonchev–Trinajstić information content (AvgIpc) is 2.65. The van der Waals surface area contributed by atoms with Gasteiger partial charge in [-0.3, -0.25) is 4.79 Å². The summed E-state index contributed by atoms with van der Waals surface area (Å²) in [5.74, 6) is 0.891. The van der Waals surface area contributed by atoms with Gasteiger partial charge in [-0.2, -0.15) is 0 Å². The Morgan fingerprint density at radius 1 is 1.16 bits per heavy atom. The molecule has 108 valence electrons. The molecular formula is C16H26O3. The third-order valence-corrected chi connectivity index (χ3v) is 3.63. The summed E-state index contributed by atoms with van der Waals surface area (Å²) in [5, 5.41) is 0. The highest BCUT2D eigenvalue weighted by molar-refractivity contribution is 5.76. The van der Waals surface area contributed by atoms with Gasteiger partial charge in [0.05, 0.1) is 5.92 Å². The Balaban J connectivity index is 1.87. The van der Waals surface area contributed by atoms with Crippen LogP contribution in [0.25, 0.3) is 0 Å². The number of Topliss-reactive ketones (excluding diaryl/α,β-unsaturated/α-hetero) is 1. The smallest absolute Gasteiger partial charge is 0.314 e. The van der Waals surface area contributed by atoms with Gasteiger partial charge in [-0.05, 0) is 19.8 Å². The summed E-state index contributed by atoms with van der Waals surface area (Å²) in [6, 6.07) is 0. The lowest BCUT2D eigenvalue weighted by molar-refractivity contribution is -0.139. The molecule has 19 heavy (non-hydrogen) atoms. The SMILES string of the molecule is C=C1CC(CCCCCCCCCC(C)=O)C(=O)O1. The third-order valence-electron chi connectivity index (χ3n) is 3.63. The predicted octanol–water partition coefficient (Wildman–Crippen LogP) is 4.16. The molecule has 1 unspecified atom stereocenters. The van der Waals surface area contributed by atoms with Crippen molar-refractivity contribution in [2.75, 3.05) is 0 Å². The van der Waals surface area contributed by atoms with Gasteiger partial charge in [-0.1, -0.05) is 45.1 Å². The van der Waals surface area contributed by atoms with E-state index in [1.54, 1.807) is 6.92 Å². The second-order valence-electron chi connectivity index (χ2n) is 5.58. The summed E-state index contributed by atoms with van der Waals surface area (Å²) in [6.07, 6.45) is 10.5. The van der Waals surface area contributed by atoms with Crippen LogP contribution in [0, 0.1) is 5.92 Å². The van der Waals surface area contributed by atoms with Crippen LogP contribution in [0.4, 0.5) is 0 Å². The second-order valence-corrected chi connectivity index (χ2v) is 5.58. The second kappa shape index (κ2) is 8.89. The molecule has 0 aliphatic carbocycles. The number of esters is 1. The first-order valence-electron chi connectivity index (χ1n) is 7.48. The van der Waals surface area contributed by atoms with Gasteiger partial charge < -0.3 is 9.53 Å². The Labute approximate surface area is 116 Å². The highest BCUT2D eigenvalue weighted by Crippen LogP contribution is 2.27. The highest BCUT2D eigenvalue weighted by Gasteiger charge is 2.28. The predicted molar refractivity (Wildman–Crippen MR) is 75.6 cm³/mol. The zero-order valence-corrected chi connectivity index (χ0v) is 12.1. The Hall–Kier alpha value is -1.12. The van der Waals surface area contributed by atoms with Crippen LogP contribution < -0.4 is 0 Å². The van der Waals surface area contributed by atoms with E-state index in [9.17, 15) is 9.59 Å². The Bertz CT molecular complexity index is 320. The minimum absolute atomic E-state index is 0.0584. The first-order valence-corrected chi connectivity index (χ1v) is 7.48. The monoisotopic (exact) mass is 266 g/mol. The van der Waals surface area contributed by atoms with E-state index in [0.29, 0.717) is 18.0 Å². The molecule has 0 spiro atoms. The molecule has 0 amide bonds. The molecule has 0 bridgehead atoms. The van der Waals surface area contributed by atoms with E-state index in [1.807, 2.05) is 0 Å². The fourth-order valence-corrected chi connectivity index (χ4v) is 2.49. The molecule has 1 heterocycles. The first-order chi connectivity index (χ1) is 9.09. The molecular weight excluding hydrogens is 240 g/mol. The Morgan fingerprint density at radius 3 is 2.26 bits per heavy atom. The lowest BCUT2D eigenvalue weighted by Crippen LogP contribution is -2.06. The number of carbonyl (C=O) groups excluding carboxylic acids is 2. The fraction of sp³-hybridized carbons (Fsp3) is 0.750. The number of allylic oxidation sites excluding steroid dienone is 1. The van der Waals surface area contributed by atoms with Crippen LogP contribution in [0.2, 0.25) is 0 Å². The molecule has 1 atom stereocenters. The number of unbranched alkanes of at least 4 members (excludes halogenated alkanes) is 6. The van der Waals surface area contributed by atoms with Gasteiger partial charge in [0.15, 0.2) is 0 Å². The molecule has 0 aromatic rings. The van der Waals surface area contributed by atoms with Crippen molar-refractivity contribution in [1.82, 2.24) is 0 Å². The van der Waals surface area contributed by atoms with Crippen LogP contribution in [-0.2, 0) is 14.3 Å². The lowest BCUT2D eigenvalue weighted by atomic mass is 9.98.